The molecule has 1 aromatic rings. The third kappa shape index (κ3) is 3.09. The van der Waals surface area contributed by atoms with E-state index in [1.54, 1.807) is 13.1 Å². The van der Waals surface area contributed by atoms with Crippen molar-refractivity contribution < 1.29 is 8.42 Å². The maximum absolute atomic E-state index is 12.6. The van der Waals surface area contributed by atoms with Crippen molar-refractivity contribution in [1.82, 2.24) is 14.2 Å². The number of hydrogen-bond acceptors (Lipinski definition) is 6. The molecule has 1 saturated heterocycles. The van der Waals surface area contributed by atoms with Crippen LogP contribution in [-0.4, -0.2) is 56.3 Å². The molecule has 0 bridgehead atoms. The number of nitrogen functional groups attached to an aromatic ring is 1. The highest BCUT2D eigenvalue weighted by molar-refractivity contribution is 7.89. The van der Waals surface area contributed by atoms with Crippen LogP contribution in [0.4, 0.5) is 5.82 Å². The summed E-state index contributed by atoms with van der Waals surface area (Å²) in [7, 11) is 0.0690. The molecule has 2 rings (SSSR count). The maximum Gasteiger partial charge on any atom is 0.246 e. The van der Waals surface area contributed by atoms with E-state index in [2.05, 4.69) is 15.3 Å². The van der Waals surface area contributed by atoms with Crippen molar-refractivity contribution in [3.8, 4) is 0 Å². The van der Waals surface area contributed by atoms with Crippen LogP contribution in [0.1, 0.15) is 6.42 Å². The number of pyridine rings is 1. The van der Waals surface area contributed by atoms with Gasteiger partial charge in [-0.25, -0.2) is 23.5 Å². The zero-order chi connectivity index (χ0) is 14.8. The minimum atomic E-state index is -3.58. The fourth-order valence-corrected chi connectivity index (χ4v) is 3.86. The summed E-state index contributed by atoms with van der Waals surface area (Å²) < 4.78 is 26.5. The van der Waals surface area contributed by atoms with Crippen LogP contribution in [0, 0.1) is 5.92 Å². The van der Waals surface area contributed by atoms with Gasteiger partial charge >= 0.3 is 0 Å². The number of nitrogens with zero attached hydrogens (tertiary/aromatic N) is 3. The van der Waals surface area contributed by atoms with Crippen LogP contribution in [0.5, 0.6) is 0 Å². The Labute approximate surface area is 119 Å². The normalized spacial score (nSPS) is 20.5. The average molecular weight is 299 g/mol. The maximum atomic E-state index is 12.6. The number of nitrogens with one attached hydrogen (secondary N) is 1. The molecule has 112 valence electrons. The molecule has 1 fully saturated rings. The lowest BCUT2D eigenvalue weighted by molar-refractivity contribution is 0.357. The van der Waals surface area contributed by atoms with Crippen LogP contribution in [0.3, 0.4) is 0 Å². The van der Waals surface area contributed by atoms with E-state index in [9.17, 15) is 8.42 Å². The molecule has 3 N–H and O–H groups in total. The molecule has 1 aromatic heterocycles. The van der Waals surface area contributed by atoms with Crippen molar-refractivity contribution in [3.63, 3.8) is 0 Å². The molecule has 2 heterocycles. The van der Waals surface area contributed by atoms with Gasteiger partial charge in [0, 0.05) is 26.3 Å². The van der Waals surface area contributed by atoms with Gasteiger partial charge in [0.05, 0.1) is 0 Å². The highest BCUT2D eigenvalue weighted by Gasteiger charge is 2.28. The van der Waals surface area contributed by atoms with E-state index < -0.39 is 10.0 Å². The average Bonchev–Trinajstić information content (AvgIpc) is 2.84. The summed E-state index contributed by atoms with van der Waals surface area (Å²) in [5, 5.41) is 0. The monoisotopic (exact) mass is 299 g/mol. The zero-order valence-electron chi connectivity index (χ0n) is 11.8. The van der Waals surface area contributed by atoms with Gasteiger partial charge in [0.1, 0.15) is 4.90 Å². The number of hydrazine groups is 1. The Morgan fingerprint density at radius 2 is 2.35 bits per heavy atom. The van der Waals surface area contributed by atoms with Crippen molar-refractivity contribution in [3.05, 3.63) is 18.3 Å². The molecule has 0 saturated carbocycles. The van der Waals surface area contributed by atoms with Gasteiger partial charge in [0.25, 0.3) is 0 Å². The van der Waals surface area contributed by atoms with Gasteiger partial charge in [0.15, 0.2) is 5.82 Å². The number of aromatic nitrogens is 1. The standard InChI is InChI=1S/C12H21N5O2S/c1-16-7-5-10(8-16)9-17(2)20(18,19)11-4-3-6-14-12(11)15-13/h3-4,6,10H,5,7-9,13H2,1-2H3,(H,14,15). The first-order valence-corrected chi connectivity index (χ1v) is 7.95. The molecular weight excluding hydrogens is 278 g/mol. The SMILES string of the molecule is CN1CCC(CN(C)S(=O)(=O)c2cccnc2NN)C1. The quantitative estimate of drug-likeness (QED) is 0.584. The highest BCUT2D eigenvalue weighted by atomic mass is 32.2. The predicted molar refractivity (Wildman–Crippen MR) is 77.5 cm³/mol. The van der Waals surface area contributed by atoms with E-state index >= 15 is 0 Å². The largest absolute Gasteiger partial charge is 0.307 e. The van der Waals surface area contributed by atoms with Crippen molar-refractivity contribution in [2.24, 2.45) is 11.8 Å². The second kappa shape index (κ2) is 6.04. The molecule has 0 aromatic carbocycles. The van der Waals surface area contributed by atoms with Crippen LogP contribution in [0.15, 0.2) is 23.2 Å². The number of rotatable bonds is 5. The molecule has 1 unspecified atom stereocenters. The zero-order valence-corrected chi connectivity index (χ0v) is 12.6. The molecule has 1 aliphatic heterocycles. The Kier molecular flexibility index (Phi) is 4.59. The van der Waals surface area contributed by atoms with Crippen molar-refractivity contribution in [2.45, 2.75) is 11.3 Å². The molecule has 1 atom stereocenters. The lowest BCUT2D eigenvalue weighted by Gasteiger charge is -2.21. The van der Waals surface area contributed by atoms with Crippen LogP contribution < -0.4 is 11.3 Å². The Morgan fingerprint density at radius 1 is 1.60 bits per heavy atom. The summed E-state index contributed by atoms with van der Waals surface area (Å²) in [6.07, 6.45) is 2.52. The molecule has 1 aliphatic rings. The smallest absolute Gasteiger partial charge is 0.246 e. The van der Waals surface area contributed by atoms with Crippen molar-refractivity contribution in [2.75, 3.05) is 39.2 Å². The number of anilines is 1. The van der Waals surface area contributed by atoms with Crippen molar-refractivity contribution in [1.29, 1.82) is 0 Å². The van der Waals surface area contributed by atoms with Gasteiger partial charge in [-0.1, -0.05) is 0 Å². The van der Waals surface area contributed by atoms with E-state index in [-0.39, 0.29) is 10.7 Å². The van der Waals surface area contributed by atoms with E-state index in [0.717, 1.165) is 19.5 Å². The van der Waals surface area contributed by atoms with E-state index in [1.807, 2.05) is 7.05 Å². The second-order valence-electron chi connectivity index (χ2n) is 5.20. The summed E-state index contributed by atoms with van der Waals surface area (Å²) in [6.45, 7) is 2.45. The lowest BCUT2D eigenvalue weighted by atomic mass is 10.1. The number of nitrogens with two attached hydrogens (primary N) is 1. The molecular formula is C12H21N5O2S. The van der Waals surface area contributed by atoms with E-state index in [1.165, 1.54) is 16.6 Å². The van der Waals surface area contributed by atoms with E-state index in [4.69, 9.17) is 5.84 Å². The second-order valence-corrected chi connectivity index (χ2v) is 7.21. The fourth-order valence-electron chi connectivity index (χ4n) is 2.51. The fraction of sp³-hybridized carbons (Fsp3) is 0.583. The van der Waals surface area contributed by atoms with E-state index in [0.29, 0.717) is 12.5 Å². The summed E-state index contributed by atoms with van der Waals surface area (Å²) in [4.78, 5) is 6.26. The highest BCUT2D eigenvalue weighted by Crippen LogP contribution is 2.23. The van der Waals surface area contributed by atoms with Crippen molar-refractivity contribution >= 4 is 15.8 Å². The Morgan fingerprint density at radius 3 is 2.95 bits per heavy atom. The Balaban J connectivity index is 2.17. The van der Waals surface area contributed by atoms with Gasteiger partial charge in [0.2, 0.25) is 10.0 Å². The first kappa shape index (κ1) is 15.2. The summed E-state index contributed by atoms with van der Waals surface area (Å²) in [5.41, 5.74) is 2.33. The first-order chi connectivity index (χ1) is 9.45. The van der Waals surface area contributed by atoms with Gasteiger partial charge in [-0.3, -0.25) is 0 Å². The van der Waals surface area contributed by atoms with Gasteiger partial charge in [-0.15, -0.1) is 0 Å². The Hall–Kier alpha value is -1.22. The minimum Gasteiger partial charge on any atom is -0.307 e. The van der Waals surface area contributed by atoms with Gasteiger partial charge < -0.3 is 10.3 Å². The number of sulfonamides is 1. The lowest BCUT2D eigenvalue weighted by Crippen LogP contribution is -2.33. The van der Waals surface area contributed by atoms with Crippen LogP contribution in [0.25, 0.3) is 0 Å². The summed E-state index contributed by atoms with van der Waals surface area (Å²) in [5.74, 6) is 5.86. The molecule has 20 heavy (non-hydrogen) atoms. The molecule has 7 nitrogen and oxygen atoms in total. The third-order valence-electron chi connectivity index (χ3n) is 3.60. The third-order valence-corrected chi connectivity index (χ3v) is 5.45. The topological polar surface area (TPSA) is 91.6 Å². The molecule has 0 aliphatic carbocycles. The first-order valence-electron chi connectivity index (χ1n) is 6.51. The molecule has 8 heteroatoms. The number of hydrogen-bond donors (Lipinski definition) is 2. The Bertz CT molecular complexity index is 563. The minimum absolute atomic E-state index is 0.108. The van der Waals surface area contributed by atoms with Gasteiger partial charge in [-0.2, -0.15) is 0 Å². The predicted octanol–water partition coefficient (Wildman–Crippen LogP) is -0.0606. The van der Waals surface area contributed by atoms with Gasteiger partial charge in [-0.05, 0) is 38.1 Å². The molecule has 0 radical (unpaired) electrons. The molecule has 0 amide bonds. The van der Waals surface area contributed by atoms with Crippen LogP contribution in [-0.2, 0) is 10.0 Å². The van der Waals surface area contributed by atoms with Crippen LogP contribution >= 0.6 is 0 Å². The number of likely N-dealkylation sites (tertiary alicyclic amines) is 1. The summed E-state index contributed by atoms with van der Waals surface area (Å²) >= 11 is 0. The van der Waals surface area contributed by atoms with Crippen LogP contribution in [0.2, 0.25) is 0 Å². The summed E-state index contributed by atoms with van der Waals surface area (Å²) in [6, 6.07) is 3.10. The molecule has 0 spiro atoms.